The van der Waals surface area contributed by atoms with Crippen molar-refractivity contribution < 1.29 is 18.1 Å². The molecule has 3 rings (SSSR count). The highest BCUT2D eigenvalue weighted by molar-refractivity contribution is 7.89. The second-order valence-electron chi connectivity index (χ2n) is 8.23. The van der Waals surface area contributed by atoms with Gasteiger partial charge >= 0.3 is 0 Å². The van der Waals surface area contributed by atoms with Crippen molar-refractivity contribution in [3.63, 3.8) is 0 Å². The van der Waals surface area contributed by atoms with Gasteiger partial charge < -0.3 is 10.2 Å². The van der Waals surface area contributed by atoms with Gasteiger partial charge in [-0.05, 0) is 49.1 Å². The van der Waals surface area contributed by atoms with E-state index >= 15 is 0 Å². The van der Waals surface area contributed by atoms with Gasteiger partial charge in [-0.3, -0.25) is 14.9 Å². The molecule has 0 spiro atoms. The van der Waals surface area contributed by atoms with Crippen molar-refractivity contribution >= 4 is 33.0 Å². The molecule has 10 heteroatoms. The number of piperidine rings is 1. The van der Waals surface area contributed by atoms with Gasteiger partial charge in [0.1, 0.15) is 5.69 Å². The Kier molecular flexibility index (Phi) is 7.70. The molecule has 1 unspecified atom stereocenters. The summed E-state index contributed by atoms with van der Waals surface area (Å²) in [6, 6.07) is 10.5. The molecule has 2 aromatic carbocycles. The minimum Gasteiger partial charge on any atom is -0.366 e. The van der Waals surface area contributed by atoms with Gasteiger partial charge in [-0.1, -0.05) is 26.8 Å². The zero-order valence-corrected chi connectivity index (χ0v) is 20.0. The van der Waals surface area contributed by atoms with E-state index in [1.165, 1.54) is 22.5 Å². The van der Waals surface area contributed by atoms with E-state index in [-0.39, 0.29) is 16.1 Å². The number of rotatable bonds is 8. The van der Waals surface area contributed by atoms with Gasteiger partial charge in [0, 0.05) is 43.5 Å². The molecule has 1 fully saturated rings. The van der Waals surface area contributed by atoms with E-state index in [0.29, 0.717) is 30.4 Å². The number of nitrogens with one attached hydrogen (secondary N) is 1. The molecule has 0 radical (unpaired) electrons. The summed E-state index contributed by atoms with van der Waals surface area (Å²) in [5.41, 5.74) is 0.822. The monoisotopic (exact) mass is 474 g/mol. The lowest BCUT2D eigenvalue weighted by Crippen LogP contribution is -2.34. The molecule has 9 nitrogen and oxygen atoms in total. The number of hydrogen-bond acceptors (Lipinski definition) is 6. The van der Waals surface area contributed by atoms with Crippen molar-refractivity contribution in [2.24, 2.45) is 5.92 Å². The molecule has 1 saturated heterocycles. The standard InChI is InChI=1S/C23H30N4O5S/c1-4-26(5-2)33(31,32)20-10-6-9-19(15-20)24-23(28)18-11-12-21(22(14-18)27(29)30)25-13-7-8-17(3)16-25/h6,9-12,14-15,17H,4-5,7-8,13,16H2,1-3H3,(H,24,28). The molecule has 0 saturated carbocycles. The molecule has 2 aromatic rings. The SMILES string of the molecule is CCN(CC)S(=O)(=O)c1cccc(NC(=O)c2ccc(N3CCCC(C)C3)c([N+](=O)[O-])c2)c1. The molecule has 0 aromatic heterocycles. The fraction of sp³-hybridized carbons (Fsp3) is 0.435. The van der Waals surface area contributed by atoms with Crippen LogP contribution in [-0.2, 0) is 10.0 Å². The zero-order chi connectivity index (χ0) is 24.2. The number of nitro benzene ring substituents is 1. The molecule has 1 atom stereocenters. The third-order valence-electron chi connectivity index (χ3n) is 5.87. The summed E-state index contributed by atoms with van der Waals surface area (Å²) in [5, 5.41) is 14.4. The van der Waals surface area contributed by atoms with Crippen LogP contribution in [-0.4, -0.2) is 49.7 Å². The van der Waals surface area contributed by atoms with Gasteiger partial charge in [0.25, 0.3) is 11.6 Å². The van der Waals surface area contributed by atoms with Gasteiger partial charge in [0.15, 0.2) is 0 Å². The predicted molar refractivity (Wildman–Crippen MR) is 128 cm³/mol. The van der Waals surface area contributed by atoms with Crippen LogP contribution >= 0.6 is 0 Å². The Morgan fingerprint density at radius 2 is 1.94 bits per heavy atom. The van der Waals surface area contributed by atoms with Crippen molar-refractivity contribution in [3.8, 4) is 0 Å². The van der Waals surface area contributed by atoms with Gasteiger partial charge in [-0.25, -0.2) is 8.42 Å². The van der Waals surface area contributed by atoms with E-state index < -0.39 is 20.9 Å². The number of amides is 1. The molecule has 0 bridgehead atoms. The number of nitrogens with zero attached hydrogens (tertiary/aromatic N) is 3. The summed E-state index contributed by atoms with van der Waals surface area (Å²) in [6.45, 7) is 7.78. The highest BCUT2D eigenvalue weighted by Crippen LogP contribution is 2.32. The Morgan fingerprint density at radius 3 is 2.58 bits per heavy atom. The summed E-state index contributed by atoms with van der Waals surface area (Å²) >= 11 is 0. The topological polar surface area (TPSA) is 113 Å². The van der Waals surface area contributed by atoms with E-state index in [2.05, 4.69) is 12.2 Å². The lowest BCUT2D eigenvalue weighted by molar-refractivity contribution is -0.384. The first kappa shape index (κ1) is 24.7. The van der Waals surface area contributed by atoms with E-state index in [9.17, 15) is 23.3 Å². The molecule has 1 heterocycles. The number of carbonyl (C=O) groups is 1. The third-order valence-corrected chi connectivity index (χ3v) is 7.91. The number of hydrogen-bond donors (Lipinski definition) is 1. The molecule has 1 aliphatic rings. The number of anilines is 2. The molecule has 1 aliphatic heterocycles. The Hall–Kier alpha value is -2.98. The fourth-order valence-electron chi connectivity index (χ4n) is 4.14. The van der Waals surface area contributed by atoms with Gasteiger partial charge in [-0.15, -0.1) is 0 Å². The number of benzene rings is 2. The average molecular weight is 475 g/mol. The summed E-state index contributed by atoms with van der Waals surface area (Å²) in [7, 11) is -3.68. The Balaban J connectivity index is 1.85. The molecule has 1 N–H and O–H groups in total. The van der Waals surface area contributed by atoms with E-state index in [0.717, 1.165) is 25.9 Å². The molecule has 1 amide bonds. The van der Waals surface area contributed by atoms with Crippen LogP contribution in [0.25, 0.3) is 0 Å². The largest absolute Gasteiger partial charge is 0.366 e. The van der Waals surface area contributed by atoms with Crippen LogP contribution in [0.5, 0.6) is 0 Å². The van der Waals surface area contributed by atoms with Gasteiger partial charge in [0.05, 0.1) is 9.82 Å². The molecule has 178 valence electrons. The predicted octanol–water partition coefficient (Wildman–Crippen LogP) is 4.11. The molecular weight excluding hydrogens is 444 g/mol. The molecule has 0 aliphatic carbocycles. The highest BCUT2D eigenvalue weighted by Gasteiger charge is 2.26. The van der Waals surface area contributed by atoms with E-state index in [1.807, 2.05) is 4.90 Å². The van der Waals surface area contributed by atoms with Crippen molar-refractivity contribution in [3.05, 3.63) is 58.1 Å². The van der Waals surface area contributed by atoms with Crippen LogP contribution in [0.4, 0.5) is 17.1 Å². The Bertz CT molecular complexity index is 1130. The molecular formula is C23H30N4O5S. The maximum absolute atomic E-state index is 12.8. The second kappa shape index (κ2) is 10.3. The lowest BCUT2D eigenvalue weighted by atomic mass is 9.99. The zero-order valence-electron chi connectivity index (χ0n) is 19.2. The minimum atomic E-state index is -3.68. The fourth-order valence-corrected chi connectivity index (χ4v) is 5.64. The van der Waals surface area contributed by atoms with Gasteiger partial charge in [0.2, 0.25) is 10.0 Å². The van der Waals surface area contributed by atoms with Crippen LogP contribution in [0.2, 0.25) is 0 Å². The number of sulfonamides is 1. The summed E-state index contributed by atoms with van der Waals surface area (Å²) in [4.78, 5) is 26.2. The van der Waals surface area contributed by atoms with Crippen LogP contribution < -0.4 is 10.2 Å². The first-order valence-corrected chi connectivity index (χ1v) is 12.6. The van der Waals surface area contributed by atoms with Crippen LogP contribution in [0.1, 0.15) is 44.0 Å². The first-order valence-electron chi connectivity index (χ1n) is 11.1. The first-order chi connectivity index (χ1) is 15.7. The van der Waals surface area contributed by atoms with E-state index in [4.69, 9.17) is 0 Å². The van der Waals surface area contributed by atoms with Crippen molar-refractivity contribution in [2.75, 3.05) is 36.4 Å². The summed E-state index contributed by atoms with van der Waals surface area (Å²) in [6.07, 6.45) is 2.06. The maximum atomic E-state index is 12.8. The summed E-state index contributed by atoms with van der Waals surface area (Å²) in [5.74, 6) is -0.102. The van der Waals surface area contributed by atoms with Crippen molar-refractivity contribution in [1.29, 1.82) is 0 Å². The lowest BCUT2D eigenvalue weighted by Gasteiger charge is -2.32. The maximum Gasteiger partial charge on any atom is 0.293 e. The van der Waals surface area contributed by atoms with Crippen LogP contribution in [0.3, 0.4) is 0 Å². The van der Waals surface area contributed by atoms with Crippen molar-refractivity contribution in [1.82, 2.24) is 4.31 Å². The summed E-state index contributed by atoms with van der Waals surface area (Å²) < 4.78 is 26.9. The van der Waals surface area contributed by atoms with Crippen LogP contribution in [0, 0.1) is 16.0 Å². The van der Waals surface area contributed by atoms with Gasteiger partial charge in [-0.2, -0.15) is 4.31 Å². The average Bonchev–Trinajstić information content (AvgIpc) is 2.79. The van der Waals surface area contributed by atoms with E-state index in [1.54, 1.807) is 38.1 Å². The van der Waals surface area contributed by atoms with Crippen molar-refractivity contribution in [2.45, 2.75) is 38.5 Å². The quantitative estimate of drug-likeness (QED) is 0.455. The third kappa shape index (κ3) is 5.51. The minimum absolute atomic E-state index is 0.0737. The number of nitro groups is 1. The smallest absolute Gasteiger partial charge is 0.293 e. The normalized spacial score (nSPS) is 16.6. The Morgan fingerprint density at radius 1 is 1.21 bits per heavy atom. The molecule has 33 heavy (non-hydrogen) atoms. The Labute approximate surface area is 194 Å². The van der Waals surface area contributed by atoms with Crippen LogP contribution in [0.15, 0.2) is 47.4 Å². The second-order valence-corrected chi connectivity index (χ2v) is 10.2. The highest BCUT2D eigenvalue weighted by atomic mass is 32.2. The number of carbonyl (C=O) groups excluding carboxylic acids is 1.